The van der Waals surface area contributed by atoms with Gasteiger partial charge in [0.25, 0.3) is 0 Å². The highest BCUT2D eigenvalue weighted by atomic mass is 35.5. The van der Waals surface area contributed by atoms with E-state index in [1.54, 1.807) is 12.1 Å². The Hall–Kier alpha value is -1.74. The van der Waals surface area contributed by atoms with Gasteiger partial charge in [-0.25, -0.2) is 18.7 Å². The van der Waals surface area contributed by atoms with Gasteiger partial charge in [-0.1, -0.05) is 24.6 Å². The molecule has 1 aliphatic carbocycles. The maximum Gasteiger partial charge on any atom is 0.231 e. The Kier molecular flexibility index (Phi) is 9.31. The van der Waals surface area contributed by atoms with Crippen molar-refractivity contribution in [2.24, 2.45) is 0 Å². The number of nitrogens with one attached hydrogen (secondary N) is 1. The molecule has 1 amide bonds. The SMILES string of the molecule is C[C@@H]1C[C@H](F)c2ncnc(N3CCN(C(=O)C(c4ccc(Cl)cc4F)C4CCC(C)(C)N4)CC3)c21.Cl.Cl. The van der Waals surface area contributed by atoms with Crippen molar-refractivity contribution in [1.82, 2.24) is 20.2 Å². The minimum Gasteiger partial charge on any atom is -0.353 e. The highest BCUT2D eigenvalue weighted by molar-refractivity contribution is 6.30. The summed E-state index contributed by atoms with van der Waals surface area (Å²) in [6, 6.07) is 4.42. The number of aromatic nitrogens is 2. The number of hydrogen-bond donors (Lipinski definition) is 1. The molecule has 6 nitrogen and oxygen atoms in total. The van der Waals surface area contributed by atoms with Crippen LogP contribution in [0.2, 0.25) is 5.02 Å². The van der Waals surface area contributed by atoms with Crippen LogP contribution in [0.5, 0.6) is 0 Å². The van der Waals surface area contributed by atoms with E-state index in [4.69, 9.17) is 11.6 Å². The number of benzene rings is 1. The van der Waals surface area contributed by atoms with E-state index >= 15 is 4.39 Å². The number of alkyl halides is 1. The van der Waals surface area contributed by atoms with Gasteiger partial charge in [0.2, 0.25) is 5.91 Å². The largest absolute Gasteiger partial charge is 0.353 e. The molecule has 1 N–H and O–H groups in total. The van der Waals surface area contributed by atoms with Crippen LogP contribution in [0, 0.1) is 5.82 Å². The van der Waals surface area contributed by atoms with Crippen LogP contribution in [-0.4, -0.2) is 58.5 Å². The summed E-state index contributed by atoms with van der Waals surface area (Å²) in [7, 11) is 0. The molecule has 1 aromatic carbocycles. The van der Waals surface area contributed by atoms with E-state index in [1.165, 1.54) is 12.4 Å². The molecule has 11 heteroatoms. The van der Waals surface area contributed by atoms with Crippen LogP contribution in [-0.2, 0) is 4.79 Å². The zero-order chi connectivity index (χ0) is 24.9. The normalized spacial score (nSPS) is 25.2. The van der Waals surface area contributed by atoms with Crippen molar-refractivity contribution >= 4 is 48.1 Å². The summed E-state index contributed by atoms with van der Waals surface area (Å²) in [5, 5.41) is 3.87. The lowest BCUT2D eigenvalue weighted by atomic mass is 9.88. The molecule has 0 bridgehead atoms. The third kappa shape index (κ3) is 5.82. The minimum absolute atomic E-state index is 0. The van der Waals surface area contributed by atoms with Crippen LogP contribution in [0.3, 0.4) is 0 Å². The molecule has 0 saturated carbocycles. The van der Waals surface area contributed by atoms with Crippen LogP contribution < -0.4 is 10.2 Å². The van der Waals surface area contributed by atoms with Crippen molar-refractivity contribution in [3.05, 3.63) is 52.2 Å². The van der Waals surface area contributed by atoms with Gasteiger partial charge in [-0.05, 0) is 51.2 Å². The first-order valence-corrected chi connectivity index (χ1v) is 12.8. The van der Waals surface area contributed by atoms with Crippen LogP contribution in [0.1, 0.15) is 74.9 Å². The zero-order valence-electron chi connectivity index (χ0n) is 21.2. The lowest BCUT2D eigenvalue weighted by Crippen LogP contribution is -2.53. The standard InChI is InChI=1S/C26H32ClF2N5O.2ClH/c1-15-12-19(29)23-21(15)24(31-14-30-23)33-8-10-34(11-9-33)25(35)22(20-6-7-26(2,3)32-20)17-5-4-16(27)13-18(17)28;;/h4-5,13-15,19-20,22,32H,6-12H2,1-3H3;2*1H/t15-,19+,20?,22?;;/m1../s1. The number of nitrogens with zero attached hydrogens (tertiary/aromatic N) is 4. The maximum absolute atomic E-state index is 15.0. The molecule has 2 aromatic rings. The van der Waals surface area contributed by atoms with E-state index in [2.05, 4.69) is 34.0 Å². The monoisotopic (exact) mass is 575 g/mol. The first kappa shape index (κ1) is 29.8. The molecule has 2 unspecified atom stereocenters. The smallest absolute Gasteiger partial charge is 0.231 e. The van der Waals surface area contributed by atoms with Crippen molar-refractivity contribution in [2.45, 2.75) is 69.6 Å². The summed E-state index contributed by atoms with van der Waals surface area (Å²) in [5.41, 5.74) is 1.66. The number of fused-ring (bicyclic) bond motifs is 1. The van der Waals surface area contributed by atoms with Gasteiger partial charge in [0, 0.05) is 53.9 Å². The Morgan fingerprint density at radius 1 is 1.19 bits per heavy atom. The molecule has 0 radical (unpaired) electrons. The fourth-order valence-electron chi connectivity index (χ4n) is 5.94. The fourth-order valence-corrected chi connectivity index (χ4v) is 6.10. The fraction of sp³-hybridized carbons (Fsp3) is 0.577. The van der Waals surface area contributed by atoms with E-state index < -0.39 is 17.9 Å². The zero-order valence-corrected chi connectivity index (χ0v) is 23.6. The van der Waals surface area contributed by atoms with E-state index in [9.17, 15) is 9.18 Å². The molecule has 2 fully saturated rings. The van der Waals surface area contributed by atoms with Gasteiger partial charge in [-0.3, -0.25) is 4.79 Å². The average molecular weight is 577 g/mol. The van der Waals surface area contributed by atoms with Crippen molar-refractivity contribution in [3.8, 4) is 0 Å². The first-order chi connectivity index (χ1) is 16.6. The maximum atomic E-state index is 15.0. The van der Waals surface area contributed by atoms with E-state index in [0.29, 0.717) is 48.9 Å². The Morgan fingerprint density at radius 3 is 2.51 bits per heavy atom. The topological polar surface area (TPSA) is 61.4 Å². The predicted molar refractivity (Wildman–Crippen MR) is 147 cm³/mol. The summed E-state index contributed by atoms with van der Waals surface area (Å²) < 4.78 is 29.4. The summed E-state index contributed by atoms with van der Waals surface area (Å²) in [5.74, 6) is -0.325. The number of piperazine rings is 1. The number of rotatable bonds is 4. The Balaban J connectivity index is 0.00000190. The molecule has 2 saturated heterocycles. The summed E-state index contributed by atoms with van der Waals surface area (Å²) in [4.78, 5) is 26.5. The molecular weight excluding hydrogens is 543 g/mol. The van der Waals surface area contributed by atoms with Gasteiger partial charge in [0.05, 0.1) is 11.6 Å². The second-order valence-corrected chi connectivity index (χ2v) is 11.2. The number of hydrogen-bond acceptors (Lipinski definition) is 5. The van der Waals surface area contributed by atoms with Gasteiger partial charge in [0.15, 0.2) is 0 Å². The van der Waals surface area contributed by atoms with Crippen molar-refractivity contribution in [1.29, 1.82) is 0 Å². The molecule has 2 aliphatic heterocycles. The summed E-state index contributed by atoms with van der Waals surface area (Å²) in [6.45, 7) is 8.37. The molecule has 204 valence electrons. The molecule has 4 atom stereocenters. The Bertz CT molecular complexity index is 1130. The minimum atomic E-state index is -1.05. The Labute approximate surface area is 234 Å². The van der Waals surface area contributed by atoms with Gasteiger partial charge in [0.1, 0.15) is 24.1 Å². The number of carbonyl (C=O) groups excluding carboxylic acids is 1. The average Bonchev–Trinajstić information content (AvgIpc) is 3.33. The number of carbonyl (C=O) groups is 1. The number of halogens is 5. The molecule has 0 spiro atoms. The predicted octanol–water partition coefficient (Wildman–Crippen LogP) is 5.59. The Morgan fingerprint density at radius 2 is 1.89 bits per heavy atom. The molecular formula is C26H34Cl3F2N5O. The van der Waals surface area contributed by atoms with Crippen LogP contribution >= 0.6 is 36.4 Å². The molecule has 37 heavy (non-hydrogen) atoms. The van der Waals surface area contributed by atoms with E-state index in [-0.39, 0.29) is 48.2 Å². The second-order valence-electron chi connectivity index (χ2n) is 10.7. The number of anilines is 1. The first-order valence-electron chi connectivity index (χ1n) is 12.4. The summed E-state index contributed by atoms with van der Waals surface area (Å²) in [6.07, 6.45) is 2.52. The van der Waals surface area contributed by atoms with Crippen molar-refractivity contribution in [3.63, 3.8) is 0 Å². The van der Waals surface area contributed by atoms with Gasteiger partial charge in [-0.15, -0.1) is 24.8 Å². The van der Waals surface area contributed by atoms with E-state index in [1.807, 2.05) is 11.8 Å². The quantitative estimate of drug-likeness (QED) is 0.514. The van der Waals surface area contributed by atoms with Crippen LogP contribution in [0.4, 0.5) is 14.6 Å². The lowest BCUT2D eigenvalue weighted by molar-refractivity contribution is -0.133. The van der Waals surface area contributed by atoms with Crippen LogP contribution in [0.15, 0.2) is 24.5 Å². The summed E-state index contributed by atoms with van der Waals surface area (Å²) >= 11 is 6.00. The van der Waals surface area contributed by atoms with Gasteiger partial charge < -0.3 is 15.1 Å². The highest BCUT2D eigenvalue weighted by Crippen LogP contribution is 2.45. The molecule has 3 aliphatic rings. The van der Waals surface area contributed by atoms with Gasteiger partial charge in [-0.2, -0.15) is 0 Å². The second kappa shape index (κ2) is 11.6. The van der Waals surface area contributed by atoms with Crippen LogP contribution in [0.25, 0.3) is 0 Å². The highest BCUT2D eigenvalue weighted by Gasteiger charge is 2.42. The number of amides is 1. The lowest BCUT2D eigenvalue weighted by Gasteiger charge is -2.39. The van der Waals surface area contributed by atoms with Gasteiger partial charge >= 0.3 is 0 Å². The van der Waals surface area contributed by atoms with Crippen molar-refractivity contribution in [2.75, 3.05) is 31.1 Å². The molecule has 1 aromatic heterocycles. The third-order valence-electron chi connectivity index (χ3n) is 7.76. The molecule has 5 rings (SSSR count). The third-order valence-corrected chi connectivity index (χ3v) is 7.99. The van der Waals surface area contributed by atoms with Crippen molar-refractivity contribution < 1.29 is 13.6 Å². The molecule has 3 heterocycles. The van der Waals surface area contributed by atoms with E-state index in [0.717, 1.165) is 24.2 Å².